The zero-order valence-corrected chi connectivity index (χ0v) is 15.0. The number of hydrogen-bond acceptors (Lipinski definition) is 3. The van der Waals surface area contributed by atoms with Crippen molar-refractivity contribution in [2.45, 2.75) is 26.3 Å². The zero-order chi connectivity index (χ0) is 18.2. The number of hydrogen-bond donors (Lipinski definition) is 2. The van der Waals surface area contributed by atoms with Crippen molar-refractivity contribution in [3.63, 3.8) is 0 Å². The molecule has 2 amide bonds. The van der Waals surface area contributed by atoms with Gasteiger partial charge in [-0.1, -0.05) is 37.3 Å². The average molecular weight is 339 g/mol. The Labute approximate surface area is 149 Å². The van der Waals surface area contributed by atoms with Gasteiger partial charge >= 0.3 is 0 Å². The standard InChI is InChI=1S/C20H25N3O2/c1-4-8-19(24)22-16-11-12-18(23(2)3)17(13-16)20(25)21-14-15-9-6-5-7-10-15/h5-7,9-13H,4,8,14H2,1-3H3,(H,21,25)(H,22,24). The second kappa shape index (κ2) is 8.87. The van der Waals surface area contributed by atoms with E-state index in [0.29, 0.717) is 24.2 Å². The van der Waals surface area contributed by atoms with Crippen LogP contribution >= 0.6 is 0 Å². The van der Waals surface area contributed by atoms with E-state index in [2.05, 4.69) is 10.6 Å². The van der Waals surface area contributed by atoms with Crippen LogP contribution in [0.1, 0.15) is 35.7 Å². The van der Waals surface area contributed by atoms with Crippen LogP contribution in [0.3, 0.4) is 0 Å². The van der Waals surface area contributed by atoms with Crippen LogP contribution in [0.2, 0.25) is 0 Å². The third-order valence-electron chi connectivity index (χ3n) is 3.78. The first-order chi connectivity index (χ1) is 12.0. The van der Waals surface area contributed by atoms with E-state index in [0.717, 1.165) is 17.7 Å². The molecule has 0 unspecified atom stereocenters. The highest BCUT2D eigenvalue weighted by molar-refractivity contribution is 6.02. The van der Waals surface area contributed by atoms with Gasteiger partial charge in [0, 0.05) is 38.4 Å². The smallest absolute Gasteiger partial charge is 0.253 e. The van der Waals surface area contributed by atoms with E-state index in [1.165, 1.54) is 0 Å². The molecule has 0 atom stereocenters. The molecule has 5 heteroatoms. The van der Waals surface area contributed by atoms with Crippen molar-refractivity contribution in [2.24, 2.45) is 0 Å². The molecule has 0 aromatic heterocycles. The Balaban J connectivity index is 2.17. The van der Waals surface area contributed by atoms with Crippen molar-refractivity contribution >= 4 is 23.2 Å². The summed E-state index contributed by atoms with van der Waals surface area (Å²) in [7, 11) is 3.78. The average Bonchev–Trinajstić information content (AvgIpc) is 2.60. The van der Waals surface area contributed by atoms with E-state index >= 15 is 0 Å². The third-order valence-corrected chi connectivity index (χ3v) is 3.78. The molecule has 0 heterocycles. The molecule has 0 bridgehead atoms. The summed E-state index contributed by atoms with van der Waals surface area (Å²) in [6.45, 7) is 2.41. The Kier molecular flexibility index (Phi) is 6.57. The maximum Gasteiger partial charge on any atom is 0.253 e. The molecule has 132 valence electrons. The van der Waals surface area contributed by atoms with Gasteiger partial charge in [0.05, 0.1) is 5.56 Å². The lowest BCUT2D eigenvalue weighted by molar-refractivity contribution is -0.116. The maximum atomic E-state index is 12.7. The molecule has 2 N–H and O–H groups in total. The lowest BCUT2D eigenvalue weighted by Crippen LogP contribution is -2.25. The van der Waals surface area contributed by atoms with Crippen LogP contribution in [0.4, 0.5) is 11.4 Å². The van der Waals surface area contributed by atoms with Crippen molar-refractivity contribution < 1.29 is 9.59 Å². The molecule has 0 saturated heterocycles. The monoisotopic (exact) mass is 339 g/mol. The molecule has 0 saturated carbocycles. The van der Waals surface area contributed by atoms with E-state index < -0.39 is 0 Å². The van der Waals surface area contributed by atoms with Crippen molar-refractivity contribution in [1.29, 1.82) is 0 Å². The summed E-state index contributed by atoms with van der Waals surface area (Å²) in [5.41, 5.74) is 3.01. The summed E-state index contributed by atoms with van der Waals surface area (Å²) in [6.07, 6.45) is 1.25. The number of amides is 2. The van der Waals surface area contributed by atoms with E-state index in [-0.39, 0.29) is 11.8 Å². The summed E-state index contributed by atoms with van der Waals surface area (Å²) in [6, 6.07) is 15.1. The van der Waals surface area contributed by atoms with Gasteiger partial charge in [0.2, 0.25) is 5.91 Å². The summed E-state index contributed by atoms with van der Waals surface area (Å²) in [4.78, 5) is 26.3. The van der Waals surface area contributed by atoms with Gasteiger partial charge in [0.25, 0.3) is 5.91 Å². The van der Waals surface area contributed by atoms with E-state index in [1.807, 2.05) is 68.4 Å². The second-order valence-corrected chi connectivity index (χ2v) is 6.09. The lowest BCUT2D eigenvalue weighted by atomic mass is 10.1. The van der Waals surface area contributed by atoms with Gasteiger partial charge in [0.15, 0.2) is 0 Å². The van der Waals surface area contributed by atoms with Crippen LogP contribution in [0.25, 0.3) is 0 Å². The van der Waals surface area contributed by atoms with Crippen LogP contribution < -0.4 is 15.5 Å². The molecule has 5 nitrogen and oxygen atoms in total. The van der Waals surface area contributed by atoms with Crippen molar-refractivity contribution in [2.75, 3.05) is 24.3 Å². The Hall–Kier alpha value is -2.82. The van der Waals surface area contributed by atoms with Crippen LogP contribution in [0, 0.1) is 0 Å². The fraction of sp³-hybridized carbons (Fsp3) is 0.300. The normalized spacial score (nSPS) is 10.2. The molecule has 0 aliphatic carbocycles. The second-order valence-electron chi connectivity index (χ2n) is 6.09. The molecule has 0 spiro atoms. The summed E-state index contributed by atoms with van der Waals surface area (Å²) in [5, 5.41) is 5.78. The highest BCUT2D eigenvalue weighted by Gasteiger charge is 2.14. The predicted octanol–water partition coefficient (Wildman–Crippen LogP) is 3.42. The third kappa shape index (κ3) is 5.35. The number of rotatable bonds is 7. The van der Waals surface area contributed by atoms with E-state index in [1.54, 1.807) is 6.07 Å². The maximum absolute atomic E-state index is 12.7. The van der Waals surface area contributed by atoms with E-state index in [4.69, 9.17) is 0 Å². The van der Waals surface area contributed by atoms with Crippen LogP contribution in [0.5, 0.6) is 0 Å². The fourth-order valence-corrected chi connectivity index (χ4v) is 2.51. The largest absolute Gasteiger partial charge is 0.377 e. The number of carbonyl (C=O) groups is 2. The Morgan fingerprint density at radius 1 is 1.04 bits per heavy atom. The number of anilines is 2. The Bertz CT molecular complexity index is 727. The Morgan fingerprint density at radius 2 is 1.76 bits per heavy atom. The number of nitrogens with zero attached hydrogens (tertiary/aromatic N) is 1. The SMILES string of the molecule is CCCC(=O)Nc1ccc(N(C)C)c(C(=O)NCc2ccccc2)c1. The zero-order valence-electron chi connectivity index (χ0n) is 15.0. The summed E-state index contributed by atoms with van der Waals surface area (Å²) in [5.74, 6) is -0.213. The van der Waals surface area contributed by atoms with Gasteiger partial charge in [-0.2, -0.15) is 0 Å². The molecule has 2 aromatic rings. The van der Waals surface area contributed by atoms with Gasteiger partial charge in [-0.05, 0) is 30.2 Å². The molecular weight excluding hydrogens is 314 g/mol. The molecule has 0 fully saturated rings. The van der Waals surface area contributed by atoms with Crippen molar-refractivity contribution in [1.82, 2.24) is 5.32 Å². The van der Waals surface area contributed by atoms with Crippen molar-refractivity contribution in [3.05, 3.63) is 59.7 Å². The Morgan fingerprint density at radius 3 is 2.40 bits per heavy atom. The van der Waals surface area contributed by atoms with Gasteiger partial charge in [-0.3, -0.25) is 9.59 Å². The molecule has 0 aliphatic rings. The minimum absolute atomic E-state index is 0.0456. The molecule has 25 heavy (non-hydrogen) atoms. The fourth-order valence-electron chi connectivity index (χ4n) is 2.51. The number of carbonyl (C=O) groups excluding carboxylic acids is 2. The minimum Gasteiger partial charge on any atom is -0.377 e. The first-order valence-electron chi connectivity index (χ1n) is 8.44. The van der Waals surface area contributed by atoms with Gasteiger partial charge in [-0.15, -0.1) is 0 Å². The highest BCUT2D eigenvalue weighted by Crippen LogP contribution is 2.23. The first kappa shape index (κ1) is 18.5. The molecule has 0 radical (unpaired) electrons. The predicted molar refractivity (Wildman–Crippen MR) is 102 cm³/mol. The minimum atomic E-state index is -0.167. The van der Waals surface area contributed by atoms with Crippen LogP contribution in [-0.4, -0.2) is 25.9 Å². The number of benzene rings is 2. The van der Waals surface area contributed by atoms with Gasteiger partial charge in [0.1, 0.15) is 0 Å². The molecular formula is C20H25N3O2. The summed E-state index contributed by atoms with van der Waals surface area (Å²) >= 11 is 0. The molecule has 2 rings (SSSR count). The van der Waals surface area contributed by atoms with E-state index in [9.17, 15) is 9.59 Å². The topological polar surface area (TPSA) is 61.4 Å². The van der Waals surface area contributed by atoms with Crippen LogP contribution in [0.15, 0.2) is 48.5 Å². The number of nitrogens with one attached hydrogen (secondary N) is 2. The molecule has 0 aliphatic heterocycles. The van der Waals surface area contributed by atoms with Crippen molar-refractivity contribution in [3.8, 4) is 0 Å². The van der Waals surface area contributed by atoms with Gasteiger partial charge in [-0.25, -0.2) is 0 Å². The van der Waals surface area contributed by atoms with Crippen LogP contribution in [-0.2, 0) is 11.3 Å². The lowest BCUT2D eigenvalue weighted by Gasteiger charge is -2.18. The quantitative estimate of drug-likeness (QED) is 0.812. The summed E-state index contributed by atoms with van der Waals surface area (Å²) < 4.78 is 0. The highest BCUT2D eigenvalue weighted by atomic mass is 16.2. The van der Waals surface area contributed by atoms with Gasteiger partial charge < -0.3 is 15.5 Å². The molecule has 2 aromatic carbocycles. The first-order valence-corrected chi connectivity index (χ1v) is 8.44.